The highest BCUT2D eigenvalue weighted by molar-refractivity contribution is 5.92. The fraction of sp³-hybridized carbons (Fsp3) is 0.609. The molecule has 2 aliphatic heterocycles. The average Bonchev–Trinajstić information content (AvgIpc) is 2.98. The number of aromatic nitrogens is 3. The molecule has 0 saturated carbocycles. The van der Waals surface area contributed by atoms with Gasteiger partial charge in [0.2, 0.25) is 5.91 Å². The molecule has 6 nitrogen and oxygen atoms in total. The highest BCUT2D eigenvalue weighted by Gasteiger charge is 2.22. The molecule has 8 heteroatoms. The summed E-state index contributed by atoms with van der Waals surface area (Å²) in [6.07, 6.45) is 7.58. The molecule has 2 N–H and O–H groups in total. The summed E-state index contributed by atoms with van der Waals surface area (Å²) in [5, 5.41) is 15.5. The second-order valence-electron chi connectivity index (χ2n) is 8.77. The summed E-state index contributed by atoms with van der Waals surface area (Å²) in [6.45, 7) is 7.35. The van der Waals surface area contributed by atoms with Gasteiger partial charge < -0.3 is 15.2 Å². The van der Waals surface area contributed by atoms with Crippen molar-refractivity contribution < 1.29 is 4.79 Å². The minimum atomic E-state index is 0. The van der Waals surface area contributed by atoms with Crippen LogP contribution in [-0.4, -0.2) is 33.8 Å². The Morgan fingerprint density at radius 2 is 2.06 bits per heavy atom. The third kappa shape index (κ3) is 6.21. The Balaban J connectivity index is 0.00000171. The minimum Gasteiger partial charge on any atom is -0.326 e. The van der Waals surface area contributed by atoms with Gasteiger partial charge in [0, 0.05) is 30.6 Å². The molecule has 1 amide bonds. The van der Waals surface area contributed by atoms with Crippen molar-refractivity contribution in [3.63, 3.8) is 0 Å². The Bertz CT molecular complexity index is 864. The molecule has 1 saturated heterocycles. The van der Waals surface area contributed by atoms with Crippen molar-refractivity contribution in [2.24, 2.45) is 11.8 Å². The molecule has 1 aromatic heterocycles. The van der Waals surface area contributed by atoms with E-state index in [4.69, 9.17) is 0 Å². The minimum absolute atomic E-state index is 0. The second kappa shape index (κ2) is 11.8. The predicted octanol–water partition coefficient (Wildman–Crippen LogP) is 4.79. The van der Waals surface area contributed by atoms with Gasteiger partial charge in [-0.05, 0) is 69.2 Å². The average molecular weight is 468 g/mol. The Labute approximate surface area is 197 Å². The number of fused-ring (bicyclic) bond motifs is 1. The van der Waals surface area contributed by atoms with Gasteiger partial charge in [-0.25, -0.2) is 0 Å². The third-order valence-electron chi connectivity index (χ3n) is 6.53. The quantitative estimate of drug-likeness (QED) is 0.662. The van der Waals surface area contributed by atoms with Gasteiger partial charge in [-0.15, -0.1) is 35.0 Å². The summed E-state index contributed by atoms with van der Waals surface area (Å²) in [5.41, 5.74) is 2.98. The number of carbonyl (C=O) groups is 1. The molecule has 2 aromatic rings. The van der Waals surface area contributed by atoms with Crippen LogP contribution in [0, 0.1) is 18.8 Å². The third-order valence-corrected chi connectivity index (χ3v) is 6.53. The molecule has 3 heterocycles. The zero-order chi connectivity index (χ0) is 20.2. The van der Waals surface area contributed by atoms with Crippen LogP contribution in [0.5, 0.6) is 0 Å². The van der Waals surface area contributed by atoms with Crippen molar-refractivity contribution in [3.8, 4) is 11.4 Å². The number of piperidine rings is 1. The van der Waals surface area contributed by atoms with Crippen LogP contribution in [0.3, 0.4) is 0 Å². The van der Waals surface area contributed by atoms with E-state index in [1.54, 1.807) is 0 Å². The first-order valence-corrected chi connectivity index (χ1v) is 11.2. The fourth-order valence-electron chi connectivity index (χ4n) is 4.62. The van der Waals surface area contributed by atoms with Crippen molar-refractivity contribution in [2.45, 2.75) is 65.3 Å². The number of aryl methyl sites for hydroxylation is 2. The molecule has 0 aliphatic carbocycles. The summed E-state index contributed by atoms with van der Waals surface area (Å²) < 4.78 is 2.25. The van der Waals surface area contributed by atoms with Crippen LogP contribution in [0.2, 0.25) is 0 Å². The van der Waals surface area contributed by atoms with Gasteiger partial charge in [-0.1, -0.05) is 25.5 Å². The van der Waals surface area contributed by atoms with Crippen LogP contribution < -0.4 is 10.6 Å². The van der Waals surface area contributed by atoms with Crippen LogP contribution in [0.1, 0.15) is 56.8 Å². The number of carbonyl (C=O) groups excluding carboxylic acids is 1. The summed E-state index contributed by atoms with van der Waals surface area (Å²) in [7, 11) is 0. The van der Waals surface area contributed by atoms with Crippen molar-refractivity contribution >= 4 is 36.4 Å². The van der Waals surface area contributed by atoms with Gasteiger partial charge >= 0.3 is 0 Å². The van der Waals surface area contributed by atoms with E-state index in [1.807, 2.05) is 6.92 Å². The normalized spacial score (nSPS) is 19.2. The van der Waals surface area contributed by atoms with E-state index < -0.39 is 0 Å². The first-order valence-electron chi connectivity index (χ1n) is 11.2. The van der Waals surface area contributed by atoms with E-state index in [0.29, 0.717) is 18.3 Å². The van der Waals surface area contributed by atoms with Gasteiger partial charge in [0.1, 0.15) is 5.82 Å². The van der Waals surface area contributed by atoms with Crippen LogP contribution in [0.25, 0.3) is 11.4 Å². The maximum Gasteiger partial charge on any atom is 0.224 e. The topological polar surface area (TPSA) is 71.8 Å². The zero-order valence-corrected chi connectivity index (χ0v) is 20.2. The molecule has 1 fully saturated rings. The SMILES string of the molecule is Cc1ccc(-c2nnc3n2CCCCC3)cc1NC(=O)CC(C)C1CCCNC1.Cl.Cl. The fourth-order valence-corrected chi connectivity index (χ4v) is 4.62. The molecular weight excluding hydrogens is 433 g/mol. The summed E-state index contributed by atoms with van der Waals surface area (Å²) in [4.78, 5) is 12.7. The monoisotopic (exact) mass is 467 g/mol. The molecule has 4 rings (SSSR count). The van der Waals surface area contributed by atoms with E-state index in [2.05, 4.69) is 50.5 Å². The van der Waals surface area contributed by atoms with Crippen LogP contribution in [-0.2, 0) is 17.8 Å². The number of anilines is 1. The number of benzene rings is 1. The first-order chi connectivity index (χ1) is 14.1. The number of amides is 1. The van der Waals surface area contributed by atoms with Gasteiger partial charge in [-0.3, -0.25) is 4.79 Å². The van der Waals surface area contributed by atoms with Crippen LogP contribution in [0.15, 0.2) is 18.2 Å². The lowest BCUT2D eigenvalue weighted by Crippen LogP contribution is -2.34. The standard InChI is InChI=1S/C23H33N5O.2ClH/c1-16-9-10-18(23-27-26-21-8-4-3-5-12-28(21)23)14-20(16)25-22(29)13-17(2)19-7-6-11-24-15-19;;/h9-10,14,17,19,24H,3-8,11-13,15H2,1-2H3,(H,25,29);2*1H. The van der Waals surface area contributed by atoms with E-state index >= 15 is 0 Å². The molecule has 2 aliphatic rings. The number of hydrogen-bond acceptors (Lipinski definition) is 4. The first kappa shape index (κ1) is 25.6. The Kier molecular flexibility index (Phi) is 9.79. The number of hydrogen-bond donors (Lipinski definition) is 2. The molecular formula is C23H35Cl2N5O. The van der Waals surface area contributed by atoms with Crippen molar-refractivity contribution in [3.05, 3.63) is 29.6 Å². The lowest BCUT2D eigenvalue weighted by Gasteiger charge is -2.28. The van der Waals surface area contributed by atoms with Gasteiger partial charge in [-0.2, -0.15) is 0 Å². The van der Waals surface area contributed by atoms with Crippen molar-refractivity contribution in [1.29, 1.82) is 0 Å². The largest absolute Gasteiger partial charge is 0.326 e. The zero-order valence-electron chi connectivity index (χ0n) is 18.5. The summed E-state index contributed by atoms with van der Waals surface area (Å²) >= 11 is 0. The van der Waals surface area contributed by atoms with Gasteiger partial charge in [0.25, 0.3) is 0 Å². The van der Waals surface area contributed by atoms with E-state index in [-0.39, 0.29) is 30.7 Å². The Morgan fingerprint density at radius 1 is 1.23 bits per heavy atom. The number of nitrogens with zero attached hydrogens (tertiary/aromatic N) is 3. The summed E-state index contributed by atoms with van der Waals surface area (Å²) in [6, 6.07) is 6.21. The maximum atomic E-state index is 12.7. The van der Waals surface area contributed by atoms with Gasteiger partial charge in [0.05, 0.1) is 0 Å². The smallest absolute Gasteiger partial charge is 0.224 e. The van der Waals surface area contributed by atoms with E-state index in [9.17, 15) is 4.79 Å². The molecule has 2 atom stereocenters. The molecule has 2 unspecified atom stereocenters. The Morgan fingerprint density at radius 3 is 2.84 bits per heavy atom. The van der Waals surface area contributed by atoms with Crippen LogP contribution in [0.4, 0.5) is 5.69 Å². The highest BCUT2D eigenvalue weighted by atomic mass is 35.5. The van der Waals surface area contributed by atoms with E-state index in [1.165, 1.54) is 32.1 Å². The molecule has 31 heavy (non-hydrogen) atoms. The predicted molar refractivity (Wildman–Crippen MR) is 130 cm³/mol. The number of nitrogens with one attached hydrogen (secondary N) is 2. The van der Waals surface area contributed by atoms with Crippen molar-refractivity contribution in [1.82, 2.24) is 20.1 Å². The molecule has 0 bridgehead atoms. The van der Waals surface area contributed by atoms with E-state index in [0.717, 1.165) is 54.5 Å². The molecule has 0 radical (unpaired) electrons. The molecule has 172 valence electrons. The van der Waals surface area contributed by atoms with Gasteiger partial charge in [0.15, 0.2) is 5.82 Å². The Hall–Kier alpha value is -1.63. The van der Waals surface area contributed by atoms with Crippen molar-refractivity contribution in [2.75, 3.05) is 18.4 Å². The number of halogens is 2. The lowest BCUT2D eigenvalue weighted by atomic mass is 9.85. The lowest BCUT2D eigenvalue weighted by molar-refractivity contribution is -0.117. The summed E-state index contributed by atoms with van der Waals surface area (Å²) in [5.74, 6) is 3.08. The van der Waals surface area contributed by atoms with Crippen LogP contribution >= 0.6 is 24.8 Å². The maximum absolute atomic E-state index is 12.7. The second-order valence-corrected chi connectivity index (χ2v) is 8.77. The highest BCUT2D eigenvalue weighted by Crippen LogP contribution is 2.28. The number of rotatable bonds is 5. The molecule has 0 spiro atoms. The molecule has 1 aromatic carbocycles.